The highest BCUT2D eigenvalue weighted by Crippen LogP contribution is 2.53. The number of hydrogen-bond donors (Lipinski definition) is 0. The molecule has 0 aromatic heterocycles. The van der Waals surface area contributed by atoms with Crippen LogP contribution in [0.4, 0.5) is 0 Å². The Bertz CT molecular complexity index is 1080. The van der Waals surface area contributed by atoms with Gasteiger partial charge in [-0.25, -0.2) is 0 Å². The van der Waals surface area contributed by atoms with E-state index in [0.29, 0.717) is 19.8 Å². The van der Waals surface area contributed by atoms with Gasteiger partial charge in [-0.1, -0.05) is 6.58 Å². The molecule has 0 fully saturated rings. The van der Waals surface area contributed by atoms with Crippen molar-refractivity contribution < 1.29 is 23.7 Å². The highest BCUT2D eigenvalue weighted by atomic mass is 16.6. The van der Waals surface area contributed by atoms with Gasteiger partial charge in [0.05, 0.1) is 11.5 Å². The molecule has 4 aliphatic heterocycles. The van der Waals surface area contributed by atoms with Crippen molar-refractivity contribution >= 4 is 11.6 Å². The van der Waals surface area contributed by atoms with E-state index in [2.05, 4.69) is 24.8 Å². The molecule has 0 bridgehead atoms. The van der Waals surface area contributed by atoms with Crippen LogP contribution in [-0.4, -0.2) is 31.5 Å². The molecule has 2 aromatic rings. The van der Waals surface area contributed by atoms with Crippen LogP contribution >= 0.6 is 0 Å². The van der Waals surface area contributed by atoms with Gasteiger partial charge in [0.15, 0.2) is 11.5 Å². The molecule has 5 heteroatoms. The monoisotopic (exact) mass is 390 g/mol. The Hall–Kier alpha value is -3.08. The Morgan fingerprint density at radius 3 is 2.59 bits per heavy atom. The lowest BCUT2D eigenvalue weighted by Crippen LogP contribution is -2.39. The zero-order chi connectivity index (χ0) is 19.8. The van der Waals surface area contributed by atoms with E-state index in [9.17, 15) is 0 Å². The smallest absolute Gasteiger partial charge is 0.165 e. The van der Waals surface area contributed by atoms with E-state index in [1.165, 1.54) is 0 Å². The number of benzene rings is 2. The maximum atomic E-state index is 6.48. The lowest BCUT2D eigenvalue weighted by molar-refractivity contribution is 0.0921. The number of hydrogen-bond acceptors (Lipinski definition) is 5. The number of rotatable bonds is 0. The van der Waals surface area contributed by atoms with Gasteiger partial charge < -0.3 is 23.7 Å². The van der Waals surface area contributed by atoms with Crippen molar-refractivity contribution in [3.8, 4) is 28.7 Å². The lowest BCUT2D eigenvalue weighted by Gasteiger charge is -2.41. The van der Waals surface area contributed by atoms with Gasteiger partial charge in [0.25, 0.3) is 0 Å². The van der Waals surface area contributed by atoms with Crippen molar-refractivity contribution in [3.63, 3.8) is 0 Å². The van der Waals surface area contributed by atoms with Crippen LogP contribution in [0.5, 0.6) is 28.7 Å². The van der Waals surface area contributed by atoms with Crippen molar-refractivity contribution in [2.45, 2.75) is 31.5 Å². The van der Waals surface area contributed by atoms with Gasteiger partial charge in [0, 0.05) is 17.2 Å². The van der Waals surface area contributed by atoms with Crippen molar-refractivity contribution in [2.24, 2.45) is 0 Å². The predicted molar refractivity (Wildman–Crippen MR) is 109 cm³/mol. The maximum Gasteiger partial charge on any atom is 0.165 e. The fourth-order valence-corrected chi connectivity index (χ4v) is 4.56. The Labute approximate surface area is 169 Å². The Kier molecular flexibility index (Phi) is 3.32. The van der Waals surface area contributed by atoms with E-state index in [0.717, 1.165) is 51.0 Å². The van der Waals surface area contributed by atoms with E-state index in [4.69, 9.17) is 23.7 Å². The van der Waals surface area contributed by atoms with Gasteiger partial charge in [-0.15, -0.1) is 0 Å². The molecule has 0 saturated carbocycles. The van der Waals surface area contributed by atoms with Gasteiger partial charge >= 0.3 is 0 Å². The fraction of sp³-hybridized carbons (Fsp3) is 0.333. The van der Waals surface area contributed by atoms with Gasteiger partial charge in [-0.05, 0) is 49.8 Å². The summed E-state index contributed by atoms with van der Waals surface area (Å²) in [6.45, 7) is 10.1. The van der Waals surface area contributed by atoms with Gasteiger partial charge in [0.1, 0.15) is 48.8 Å². The van der Waals surface area contributed by atoms with Crippen molar-refractivity contribution in [1.82, 2.24) is 0 Å². The molecule has 0 N–H and O–H groups in total. The second kappa shape index (κ2) is 5.72. The number of fused-ring (bicyclic) bond motifs is 7. The minimum absolute atomic E-state index is 0.00468. The first-order valence-corrected chi connectivity index (χ1v) is 9.98. The third kappa shape index (κ3) is 2.46. The summed E-state index contributed by atoms with van der Waals surface area (Å²) in [5.74, 6) is 3.96. The molecule has 2 aromatic carbocycles. The first-order valence-electron chi connectivity index (χ1n) is 9.98. The Morgan fingerprint density at radius 2 is 1.76 bits per heavy atom. The standard InChI is InChI=1S/C24H22O5/c1-13-14-4-5-17-15(6-7-24(2,3)29-17)23(14)28-21-12-27-18-11-20-19(25-8-9-26-20)10-16(18)22(13)21/h4-7,10-11,21-22H,1,8-9,12H2,2-3H3. The molecule has 29 heavy (non-hydrogen) atoms. The van der Waals surface area contributed by atoms with E-state index in [1.54, 1.807) is 0 Å². The summed E-state index contributed by atoms with van der Waals surface area (Å²) in [6, 6.07) is 8.01. The molecule has 2 unspecified atom stereocenters. The molecule has 0 spiro atoms. The van der Waals surface area contributed by atoms with Crippen LogP contribution in [0.3, 0.4) is 0 Å². The normalized spacial score (nSPS) is 24.7. The molecular weight excluding hydrogens is 368 g/mol. The largest absolute Gasteiger partial charge is 0.489 e. The van der Waals surface area contributed by atoms with Gasteiger partial charge in [0.2, 0.25) is 0 Å². The van der Waals surface area contributed by atoms with Crippen molar-refractivity contribution in [1.29, 1.82) is 0 Å². The van der Waals surface area contributed by atoms with Crippen LogP contribution in [0.15, 0.2) is 36.9 Å². The molecule has 2 atom stereocenters. The molecule has 4 heterocycles. The Morgan fingerprint density at radius 1 is 0.966 bits per heavy atom. The number of ether oxygens (including phenoxy) is 5. The quantitative estimate of drug-likeness (QED) is 0.658. The third-order valence-electron chi connectivity index (χ3n) is 5.96. The van der Waals surface area contributed by atoms with Gasteiger partial charge in [-0.2, -0.15) is 0 Å². The molecule has 0 amide bonds. The summed E-state index contributed by atoms with van der Waals surface area (Å²) in [5.41, 5.74) is 3.71. The third-order valence-corrected chi connectivity index (χ3v) is 5.96. The van der Waals surface area contributed by atoms with E-state index in [1.807, 2.05) is 32.0 Å². The zero-order valence-corrected chi connectivity index (χ0v) is 16.5. The molecule has 0 aliphatic carbocycles. The Balaban J connectivity index is 1.45. The molecule has 148 valence electrons. The second-order valence-electron chi connectivity index (χ2n) is 8.40. The van der Waals surface area contributed by atoms with Crippen LogP contribution in [0.25, 0.3) is 11.6 Å². The highest BCUT2D eigenvalue weighted by molar-refractivity contribution is 5.83. The van der Waals surface area contributed by atoms with Crippen LogP contribution in [-0.2, 0) is 0 Å². The van der Waals surface area contributed by atoms with Crippen LogP contribution in [0.1, 0.15) is 36.5 Å². The second-order valence-corrected chi connectivity index (χ2v) is 8.40. The highest BCUT2D eigenvalue weighted by Gasteiger charge is 2.42. The maximum absolute atomic E-state index is 6.48. The molecule has 4 aliphatic rings. The molecule has 0 saturated heterocycles. The summed E-state index contributed by atoms with van der Waals surface area (Å²) < 4.78 is 30.1. The van der Waals surface area contributed by atoms with E-state index >= 15 is 0 Å². The first-order chi connectivity index (χ1) is 14.0. The minimum Gasteiger partial charge on any atom is -0.489 e. The summed E-state index contributed by atoms with van der Waals surface area (Å²) in [4.78, 5) is 0. The predicted octanol–water partition coefficient (Wildman–Crippen LogP) is 4.59. The average molecular weight is 390 g/mol. The minimum atomic E-state index is -0.330. The summed E-state index contributed by atoms with van der Waals surface area (Å²) >= 11 is 0. The van der Waals surface area contributed by atoms with Gasteiger partial charge in [-0.3, -0.25) is 0 Å². The fourth-order valence-electron chi connectivity index (χ4n) is 4.56. The first kappa shape index (κ1) is 16.8. The van der Waals surface area contributed by atoms with Crippen LogP contribution in [0, 0.1) is 0 Å². The SMILES string of the molecule is C=C1c2ccc3c(c2OC2COc4cc5c(cc4C12)OCCO5)C=CC(C)(C)O3. The van der Waals surface area contributed by atoms with E-state index in [-0.39, 0.29) is 17.6 Å². The van der Waals surface area contributed by atoms with E-state index < -0.39 is 0 Å². The summed E-state index contributed by atoms with van der Waals surface area (Å²) in [6.07, 6.45) is 3.99. The molecule has 5 nitrogen and oxygen atoms in total. The topological polar surface area (TPSA) is 46.2 Å². The zero-order valence-electron chi connectivity index (χ0n) is 16.5. The van der Waals surface area contributed by atoms with Crippen LogP contribution in [0.2, 0.25) is 0 Å². The average Bonchev–Trinajstić information content (AvgIpc) is 2.71. The summed E-state index contributed by atoms with van der Waals surface area (Å²) in [7, 11) is 0. The summed E-state index contributed by atoms with van der Waals surface area (Å²) in [5, 5.41) is 0. The van der Waals surface area contributed by atoms with Crippen molar-refractivity contribution in [3.05, 3.63) is 53.6 Å². The van der Waals surface area contributed by atoms with Crippen molar-refractivity contribution in [2.75, 3.05) is 19.8 Å². The molecule has 6 rings (SSSR count). The molecule has 0 radical (unpaired) electrons. The van der Waals surface area contributed by atoms with Crippen LogP contribution < -0.4 is 23.7 Å². The lowest BCUT2D eigenvalue weighted by atomic mass is 9.79. The molecular formula is C24H22O5.